The zero-order chi connectivity index (χ0) is 13.4. The van der Waals surface area contributed by atoms with Gasteiger partial charge in [-0.3, -0.25) is 0 Å². The summed E-state index contributed by atoms with van der Waals surface area (Å²) in [6.07, 6.45) is 0.952. The molecule has 1 aromatic carbocycles. The number of ether oxygens (including phenoxy) is 1. The van der Waals surface area contributed by atoms with E-state index in [1.165, 1.54) is 0 Å². The average molecular weight is 251 g/mol. The lowest BCUT2D eigenvalue weighted by atomic mass is 10.2. The van der Waals surface area contributed by atoms with Gasteiger partial charge in [-0.25, -0.2) is 0 Å². The molecule has 1 aromatic rings. The molecule has 0 saturated heterocycles. The highest BCUT2D eigenvalue weighted by molar-refractivity contribution is 5.65. The average Bonchev–Trinajstić information content (AvgIpc) is 2.29. The molecular formula is C14H21NO3. The Balaban J connectivity index is 2.67. The van der Waals surface area contributed by atoms with E-state index < -0.39 is 5.97 Å². The Morgan fingerprint density at radius 3 is 2.78 bits per heavy atom. The van der Waals surface area contributed by atoms with Crippen LogP contribution >= 0.6 is 0 Å². The zero-order valence-corrected chi connectivity index (χ0v) is 11.1. The molecule has 0 aromatic heterocycles. The number of hydrogen-bond donors (Lipinski definition) is 1. The lowest BCUT2D eigenvalue weighted by Gasteiger charge is -2.19. The minimum absolute atomic E-state index is 0.0483. The van der Waals surface area contributed by atoms with E-state index in [4.69, 9.17) is 4.74 Å². The fourth-order valence-electron chi connectivity index (χ4n) is 2.00. The van der Waals surface area contributed by atoms with Gasteiger partial charge in [0.1, 0.15) is 18.8 Å². The van der Waals surface area contributed by atoms with Gasteiger partial charge in [0.25, 0.3) is 0 Å². The Labute approximate surface area is 108 Å². The predicted molar refractivity (Wildman–Crippen MR) is 67.3 cm³/mol. The molecule has 0 aliphatic carbocycles. The maximum atomic E-state index is 10.7. The van der Waals surface area contributed by atoms with Crippen LogP contribution in [0.15, 0.2) is 24.3 Å². The summed E-state index contributed by atoms with van der Waals surface area (Å²) in [5.74, 6) is -0.168. The lowest BCUT2D eigenvalue weighted by molar-refractivity contribution is -0.908. The van der Waals surface area contributed by atoms with E-state index in [1.54, 1.807) is 0 Å². The van der Waals surface area contributed by atoms with Crippen molar-refractivity contribution < 1.29 is 19.5 Å². The molecule has 0 aliphatic rings. The van der Waals surface area contributed by atoms with Crippen molar-refractivity contribution in [3.63, 3.8) is 0 Å². The van der Waals surface area contributed by atoms with Crippen LogP contribution in [0.1, 0.15) is 25.8 Å². The van der Waals surface area contributed by atoms with Gasteiger partial charge >= 0.3 is 0 Å². The smallest absolute Gasteiger partial charge is 0.119 e. The third kappa shape index (κ3) is 5.19. The number of quaternary nitrogens is 1. The fraction of sp³-hybridized carbons (Fsp3) is 0.500. The predicted octanol–water partition coefficient (Wildman–Crippen LogP) is -0.370. The highest BCUT2D eigenvalue weighted by atomic mass is 16.5. The molecule has 18 heavy (non-hydrogen) atoms. The van der Waals surface area contributed by atoms with Crippen LogP contribution in [0.2, 0.25) is 0 Å². The minimum atomic E-state index is -1.00. The summed E-state index contributed by atoms with van der Waals surface area (Å²) in [6.45, 7) is 6.18. The van der Waals surface area contributed by atoms with Crippen molar-refractivity contribution in [1.29, 1.82) is 0 Å². The van der Waals surface area contributed by atoms with Gasteiger partial charge < -0.3 is 19.5 Å². The summed E-state index contributed by atoms with van der Waals surface area (Å²) in [7, 11) is 0. The van der Waals surface area contributed by atoms with Gasteiger partial charge in [-0.15, -0.1) is 0 Å². The van der Waals surface area contributed by atoms with Crippen molar-refractivity contribution in [3.8, 4) is 5.75 Å². The molecule has 0 spiro atoms. The van der Waals surface area contributed by atoms with E-state index >= 15 is 0 Å². The van der Waals surface area contributed by atoms with Gasteiger partial charge in [0, 0.05) is 5.56 Å². The molecule has 1 N–H and O–H groups in total. The number of carboxylic acids is 1. The third-order valence-corrected chi connectivity index (χ3v) is 2.66. The van der Waals surface area contributed by atoms with Crippen molar-refractivity contribution in [3.05, 3.63) is 29.8 Å². The molecule has 100 valence electrons. The number of carbonyl (C=O) groups is 1. The van der Waals surface area contributed by atoms with Gasteiger partial charge in [0.15, 0.2) is 0 Å². The first-order valence-corrected chi connectivity index (χ1v) is 6.40. The Hall–Kier alpha value is -1.55. The molecule has 4 heteroatoms. The minimum Gasteiger partial charge on any atom is -0.544 e. The summed E-state index contributed by atoms with van der Waals surface area (Å²) < 4.78 is 5.43. The highest BCUT2D eigenvalue weighted by Gasteiger charge is 2.09. The van der Waals surface area contributed by atoms with E-state index in [9.17, 15) is 9.90 Å². The molecule has 0 saturated carbocycles. The van der Waals surface area contributed by atoms with Crippen molar-refractivity contribution >= 4 is 5.97 Å². The molecule has 0 heterocycles. The second-order valence-electron chi connectivity index (χ2n) is 4.31. The molecule has 0 amide bonds. The van der Waals surface area contributed by atoms with Crippen LogP contribution in [0.3, 0.4) is 0 Å². The third-order valence-electron chi connectivity index (χ3n) is 2.66. The molecule has 4 nitrogen and oxygen atoms in total. The zero-order valence-electron chi connectivity index (χ0n) is 11.1. The van der Waals surface area contributed by atoms with Crippen LogP contribution in [0, 0.1) is 0 Å². The van der Waals surface area contributed by atoms with Gasteiger partial charge in [0.05, 0.1) is 19.1 Å². The van der Waals surface area contributed by atoms with Crippen LogP contribution < -0.4 is 14.7 Å². The molecule has 1 rings (SSSR count). The van der Waals surface area contributed by atoms with Crippen LogP contribution in [-0.4, -0.2) is 25.7 Å². The Morgan fingerprint density at radius 1 is 1.39 bits per heavy atom. The van der Waals surface area contributed by atoms with Crippen LogP contribution in [0.25, 0.3) is 0 Å². The van der Waals surface area contributed by atoms with E-state index in [2.05, 4.69) is 0 Å². The van der Waals surface area contributed by atoms with E-state index in [1.807, 2.05) is 38.1 Å². The van der Waals surface area contributed by atoms with Crippen molar-refractivity contribution in [2.45, 2.75) is 26.8 Å². The standard InChI is InChI=1S/C14H21NO3/c1-3-8-15(11-14(16)17)10-12-6-5-7-13(9-12)18-4-2/h5-7,9H,3-4,8,10-11H2,1-2H3,(H,16,17). The molecule has 0 fully saturated rings. The monoisotopic (exact) mass is 251 g/mol. The van der Waals surface area contributed by atoms with Crippen molar-refractivity contribution in [2.24, 2.45) is 0 Å². The maximum absolute atomic E-state index is 10.7. The van der Waals surface area contributed by atoms with E-state index in [-0.39, 0.29) is 6.54 Å². The van der Waals surface area contributed by atoms with Crippen LogP contribution in [0.4, 0.5) is 0 Å². The van der Waals surface area contributed by atoms with Crippen molar-refractivity contribution in [2.75, 3.05) is 19.7 Å². The SMILES string of the molecule is CCC[NH+](CC(=O)[O-])Cc1cccc(OCC)c1. The molecule has 1 unspecified atom stereocenters. The Morgan fingerprint density at radius 2 is 2.17 bits per heavy atom. The lowest BCUT2D eigenvalue weighted by Crippen LogP contribution is -3.12. The van der Waals surface area contributed by atoms with Gasteiger partial charge in [0.2, 0.25) is 0 Å². The summed E-state index contributed by atoms with van der Waals surface area (Å²) in [5.41, 5.74) is 1.09. The number of hydrogen-bond acceptors (Lipinski definition) is 3. The number of carbonyl (C=O) groups excluding carboxylic acids is 1. The molecule has 0 aliphatic heterocycles. The number of benzene rings is 1. The number of rotatable bonds is 8. The van der Waals surface area contributed by atoms with E-state index in [0.29, 0.717) is 13.2 Å². The first-order chi connectivity index (χ1) is 8.65. The molecule has 0 bridgehead atoms. The summed E-state index contributed by atoms with van der Waals surface area (Å²) in [4.78, 5) is 11.7. The maximum Gasteiger partial charge on any atom is 0.119 e. The number of carboxylic acid groups (broad SMARTS) is 1. The number of nitrogens with one attached hydrogen (secondary N) is 1. The first kappa shape index (κ1) is 14.5. The van der Waals surface area contributed by atoms with Gasteiger partial charge in [-0.2, -0.15) is 0 Å². The molecule has 0 radical (unpaired) electrons. The highest BCUT2D eigenvalue weighted by Crippen LogP contribution is 2.12. The van der Waals surface area contributed by atoms with Crippen molar-refractivity contribution in [1.82, 2.24) is 0 Å². The van der Waals surface area contributed by atoms with Crippen LogP contribution in [0.5, 0.6) is 5.75 Å². The van der Waals surface area contributed by atoms with E-state index in [0.717, 1.165) is 29.2 Å². The summed E-state index contributed by atoms with van der Waals surface area (Å²) in [5, 5.41) is 10.7. The second kappa shape index (κ2) is 7.71. The summed E-state index contributed by atoms with van der Waals surface area (Å²) >= 11 is 0. The van der Waals surface area contributed by atoms with Crippen LogP contribution in [-0.2, 0) is 11.3 Å². The topological polar surface area (TPSA) is 53.8 Å². The Bertz CT molecular complexity index is 379. The fourth-order valence-corrected chi connectivity index (χ4v) is 2.00. The molecular weight excluding hydrogens is 230 g/mol. The molecule has 1 atom stereocenters. The van der Waals surface area contributed by atoms with Gasteiger partial charge in [-0.1, -0.05) is 19.1 Å². The first-order valence-electron chi connectivity index (χ1n) is 6.40. The van der Waals surface area contributed by atoms with Gasteiger partial charge in [-0.05, 0) is 25.5 Å². The Kier molecular flexibility index (Phi) is 6.22. The quantitative estimate of drug-likeness (QED) is 0.686. The largest absolute Gasteiger partial charge is 0.544 e. The summed E-state index contributed by atoms with van der Waals surface area (Å²) in [6, 6.07) is 7.80. The number of aliphatic carboxylic acids is 1. The normalized spacial score (nSPS) is 12.1. The second-order valence-corrected chi connectivity index (χ2v) is 4.31.